The van der Waals surface area contributed by atoms with Crippen molar-refractivity contribution in [2.45, 2.75) is 33.3 Å². The lowest BCUT2D eigenvalue weighted by atomic mass is 10.1. The Balaban J connectivity index is 2.97. The Morgan fingerprint density at radius 2 is 2.00 bits per heavy atom. The van der Waals surface area contributed by atoms with E-state index < -0.39 is 6.10 Å². The molecule has 1 rings (SSSR count). The molecule has 0 spiro atoms. The molecular formula is C16H26N2O3. The molecule has 0 heterocycles. The Morgan fingerprint density at radius 1 is 1.33 bits per heavy atom. The number of carbonyl (C=O) groups excluding carboxylic acids is 1. The molecule has 1 amide bonds. The fourth-order valence-corrected chi connectivity index (χ4v) is 2.23. The third kappa shape index (κ3) is 4.36. The molecule has 1 atom stereocenters. The first-order valence-electron chi connectivity index (χ1n) is 7.40. The van der Waals surface area contributed by atoms with Crippen LogP contribution < -0.4 is 15.2 Å². The smallest absolute Gasteiger partial charge is 0.263 e. The average Bonchev–Trinajstić information content (AvgIpc) is 2.50. The zero-order valence-electron chi connectivity index (χ0n) is 13.4. The predicted molar refractivity (Wildman–Crippen MR) is 83.8 cm³/mol. The fourth-order valence-electron chi connectivity index (χ4n) is 2.23. The first-order chi connectivity index (χ1) is 10.1. The zero-order chi connectivity index (χ0) is 15.8. The summed E-state index contributed by atoms with van der Waals surface area (Å²) in [5.41, 5.74) is 6.59. The number of carbonyl (C=O) groups is 1. The van der Waals surface area contributed by atoms with Crippen LogP contribution in [0.15, 0.2) is 18.2 Å². The van der Waals surface area contributed by atoms with Crippen LogP contribution in [0.4, 0.5) is 0 Å². The molecule has 0 fully saturated rings. The summed E-state index contributed by atoms with van der Waals surface area (Å²) < 4.78 is 11.2. The molecule has 0 aliphatic carbocycles. The number of methoxy groups -OCH3 is 1. The van der Waals surface area contributed by atoms with E-state index in [2.05, 4.69) is 0 Å². The van der Waals surface area contributed by atoms with Gasteiger partial charge in [-0.05, 0) is 45.4 Å². The monoisotopic (exact) mass is 294 g/mol. The van der Waals surface area contributed by atoms with Crippen LogP contribution in [0.25, 0.3) is 0 Å². The number of benzene rings is 1. The van der Waals surface area contributed by atoms with Gasteiger partial charge in [0.25, 0.3) is 5.91 Å². The number of likely N-dealkylation sites (N-methyl/N-ethyl adjacent to an activating group) is 1. The van der Waals surface area contributed by atoms with Crippen LogP contribution in [-0.4, -0.2) is 43.7 Å². The number of nitrogens with two attached hydrogens (primary N) is 1. The van der Waals surface area contributed by atoms with Gasteiger partial charge in [0.2, 0.25) is 0 Å². The minimum absolute atomic E-state index is 0.0235. The van der Waals surface area contributed by atoms with E-state index in [9.17, 15) is 4.79 Å². The quantitative estimate of drug-likeness (QED) is 0.794. The zero-order valence-corrected chi connectivity index (χ0v) is 13.4. The van der Waals surface area contributed by atoms with E-state index >= 15 is 0 Å². The minimum atomic E-state index is -0.558. The number of amides is 1. The highest BCUT2D eigenvalue weighted by atomic mass is 16.5. The molecule has 5 nitrogen and oxygen atoms in total. The second-order valence-corrected chi connectivity index (χ2v) is 4.76. The first kappa shape index (κ1) is 17.3. The molecule has 0 aliphatic heterocycles. The van der Waals surface area contributed by atoms with Crippen LogP contribution in [0.2, 0.25) is 0 Å². The number of hydrogen-bond acceptors (Lipinski definition) is 4. The van der Waals surface area contributed by atoms with Crippen LogP contribution >= 0.6 is 0 Å². The topological polar surface area (TPSA) is 64.8 Å². The summed E-state index contributed by atoms with van der Waals surface area (Å²) in [6, 6.07) is 5.66. The van der Waals surface area contributed by atoms with Crippen molar-refractivity contribution in [1.29, 1.82) is 0 Å². The summed E-state index contributed by atoms with van der Waals surface area (Å²) in [4.78, 5) is 14.1. The summed E-state index contributed by atoms with van der Waals surface area (Å²) in [7, 11) is 1.59. The molecule has 0 saturated heterocycles. The van der Waals surface area contributed by atoms with Crippen molar-refractivity contribution in [2.24, 2.45) is 5.73 Å². The summed E-state index contributed by atoms with van der Waals surface area (Å²) in [5.74, 6) is 1.21. The molecule has 118 valence electrons. The third-order valence-corrected chi connectivity index (χ3v) is 3.41. The van der Waals surface area contributed by atoms with Gasteiger partial charge in [-0.25, -0.2) is 0 Å². The van der Waals surface area contributed by atoms with Crippen LogP contribution in [-0.2, 0) is 11.2 Å². The van der Waals surface area contributed by atoms with Gasteiger partial charge in [-0.2, -0.15) is 0 Å². The van der Waals surface area contributed by atoms with Gasteiger partial charge >= 0.3 is 0 Å². The molecule has 0 aliphatic rings. The van der Waals surface area contributed by atoms with Gasteiger partial charge < -0.3 is 20.1 Å². The van der Waals surface area contributed by atoms with Crippen molar-refractivity contribution in [3.8, 4) is 11.5 Å². The van der Waals surface area contributed by atoms with E-state index in [1.54, 1.807) is 18.9 Å². The summed E-state index contributed by atoms with van der Waals surface area (Å²) in [5, 5.41) is 0. The molecule has 2 N–H and O–H groups in total. The van der Waals surface area contributed by atoms with Crippen LogP contribution in [0.3, 0.4) is 0 Å². The highest BCUT2D eigenvalue weighted by molar-refractivity contribution is 5.81. The van der Waals surface area contributed by atoms with Crippen LogP contribution in [0.1, 0.15) is 26.3 Å². The van der Waals surface area contributed by atoms with Gasteiger partial charge in [-0.15, -0.1) is 0 Å². The standard InChI is InChI=1S/C16H26N2O3/c1-5-18(6-2)16(19)12(3)21-15-13(10-11-17)8-7-9-14(15)20-4/h7-9,12H,5-6,10-11,17H2,1-4H3. The summed E-state index contributed by atoms with van der Waals surface area (Å²) >= 11 is 0. The van der Waals surface area contributed by atoms with E-state index in [1.807, 2.05) is 32.0 Å². The lowest BCUT2D eigenvalue weighted by Crippen LogP contribution is -2.40. The molecule has 5 heteroatoms. The third-order valence-electron chi connectivity index (χ3n) is 3.41. The number of hydrogen-bond donors (Lipinski definition) is 1. The van der Waals surface area contributed by atoms with Gasteiger partial charge in [0.05, 0.1) is 7.11 Å². The Bertz CT molecular complexity index is 459. The Labute approximate surface area is 127 Å². The molecule has 0 bridgehead atoms. The maximum Gasteiger partial charge on any atom is 0.263 e. The molecule has 1 unspecified atom stereocenters. The Hall–Kier alpha value is -1.75. The highest BCUT2D eigenvalue weighted by Crippen LogP contribution is 2.32. The Morgan fingerprint density at radius 3 is 2.52 bits per heavy atom. The van der Waals surface area contributed by atoms with Gasteiger partial charge in [0, 0.05) is 13.1 Å². The lowest BCUT2D eigenvalue weighted by molar-refractivity contribution is -0.137. The first-order valence-corrected chi connectivity index (χ1v) is 7.40. The van der Waals surface area contributed by atoms with E-state index in [0.29, 0.717) is 37.6 Å². The fraction of sp³-hybridized carbons (Fsp3) is 0.562. The maximum absolute atomic E-state index is 12.3. The van der Waals surface area contributed by atoms with E-state index in [4.69, 9.17) is 15.2 Å². The molecule has 0 radical (unpaired) electrons. The van der Waals surface area contributed by atoms with Gasteiger partial charge in [-0.3, -0.25) is 4.79 Å². The number of rotatable bonds is 8. The molecule has 0 aromatic heterocycles. The minimum Gasteiger partial charge on any atom is -0.493 e. The van der Waals surface area contributed by atoms with E-state index in [0.717, 1.165) is 5.56 Å². The van der Waals surface area contributed by atoms with Crippen molar-refractivity contribution in [3.63, 3.8) is 0 Å². The van der Waals surface area contributed by atoms with E-state index in [1.165, 1.54) is 0 Å². The van der Waals surface area contributed by atoms with Crippen molar-refractivity contribution >= 4 is 5.91 Å². The summed E-state index contributed by atoms with van der Waals surface area (Å²) in [6.07, 6.45) is 0.122. The normalized spacial score (nSPS) is 11.9. The highest BCUT2D eigenvalue weighted by Gasteiger charge is 2.22. The molecule has 21 heavy (non-hydrogen) atoms. The number of nitrogens with zero attached hydrogens (tertiary/aromatic N) is 1. The van der Waals surface area contributed by atoms with Gasteiger partial charge in [0.15, 0.2) is 17.6 Å². The molecule has 0 saturated carbocycles. The van der Waals surface area contributed by atoms with Crippen molar-refractivity contribution in [1.82, 2.24) is 4.90 Å². The maximum atomic E-state index is 12.3. The van der Waals surface area contributed by atoms with Crippen LogP contribution in [0.5, 0.6) is 11.5 Å². The molecular weight excluding hydrogens is 268 g/mol. The number of ether oxygens (including phenoxy) is 2. The number of para-hydroxylation sites is 1. The summed E-state index contributed by atoms with van der Waals surface area (Å²) in [6.45, 7) is 7.53. The van der Waals surface area contributed by atoms with Crippen molar-refractivity contribution in [2.75, 3.05) is 26.7 Å². The second-order valence-electron chi connectivity index (χ2n) is 4.76. The van der Waals surface area contributed by atoms with Crippen molar-refractivity contribution in [3.05, 3.63) is 23.8 Å². The van der Waals surface area contributed by atoms with E-state index in [-0.39, 0.29) is 5.91 Å². The van der Waals surface area contributed by atoms with Crippen LogP contribution in [0, 0.1) is 0 Å². The predicted octanol–water partition coefficient (Wildman–Crippen LogP) is 1.83. The molecule has 1 aromatic rings. The lowest BCUT2D eigenvalue weighted by Gasteiger charge is -2.25. The molecule has 1 aromatic carbocycles. The van der Waals surface area contributed by atoms with Crippen molar-refractivity contribution < 1.29 is 14.3 Å². The van der Waals surface area contributed by atoms with Gasteiger partial charge in [-0.1, -0.05) is 12.1 Å². The SMILES string of the molecule is CCN(CC)C(=O)C(C)Oc1c(CCN)cccc1OC. The van der Waals surface area contributed by atoms with Gasteiger partial charge in [0.1, 0.15) is 0 Å². The second kappa shape index (κ2) is 8.52. The Kier molecular flexibility index (Phi) is 7.02. The largest absolute Gasteiger partial charge is 0.493 e. The average molecular weight is 294 g/mol.